The molecule has 0 radical (unpaired) electrons. The van der Waals surface area contributed by atoms with E-state index in [-0.39, 0.29) is 24.7 Å². The minimum Gasteiger partial charge on any atom is -0.465 e. The van der Waals surface area contributed by atoms with Crippen LogP contribution in [0.5, 0.6) is 0 Å². The summed E-state index contributed by atoms with van der Waals surface area (Å²) in [5.41, 5.74) is 0.916. The Labute approximate surface area is 196 Å². The lowest BCUT2D eigenvalue weighted by Crippen LogP contribution is -2.49. The van der Waals surface area contributed by atoms with Gasteiger partial charge >= 0.3 is 12.1 Å². The van der Waals surface area contributed by atoms with Crippen molar-refractivity contribution in [2.75, 3.05) is 62.7 Å². The van der Waals surface area contributed by atoms with Crippen LogP contribution in [0.4, 0.5) is 25.5 Å². The number of carbonyl (C=O) groups is 3. The van der Waals surface area contributed by atoms with Crippen molar-refractivity contribution in [1.82, 2.24) is 24.9 Å². The number of amides is 4. The monoisotopic (exact) mass is 475 g/mol. The zero-order valence-electron chi connectivity index (χ0n) is 19.5. The predicted molar refractivity (Wildman–Crippen MR) is 125 cm³/mol. The molecule has 5 rings (SSSR count). The lowest BCUT2D eigenvalue weighted by atomic mass is 10.1. The fourth-order valence-electron chi connectivity index (χ4n) is 4.46. The number of hydrogen-bond acceptors (Lipinski definition) is 6. The number of benzene rings is 1. The Morgan fingerprint density at radius 3 is 2.29 bits per heavy atom. The molecule has 3 aliphatic rings. The maximum Gasteiger partial charge on any atom is 0.407 e. The quantitative estimate of drug-likeness (QED) is 0.679. The van der Waals surface area contributed by atoms with Crippen molar-refractivity contribution in [2.45, 2.75) is 19.3 Å². The van der Waals surface area contributed by atoms with Crippen molar-refractivity contribution in [3.8, 4) is 0 Å². The summed E-state index contributed by atoms with van der Waals surface area (Å²) in [6, 6.07) is 3.03. The topological polar surface area (TPSA) is 114 Å². The van der Waals surface area contributed by atoms with Crippen LogP contribution in [0, 0.1) is 5.82 Å². The second kappa shape index (κ2) is 9.84. The molecule has 0 unspecified atom stereocenters. The predicted octanol–water partition coefficient (Wildman–Crippen LogP) is 1.67. The van der Waals surface area contributed by atoms with E-state index in [4.69, 9.17) is 5.11 Å². The number of aryl methyl sites for hydroxylation is 1. The number of fused-ring (bicyclic) bond motifs is 1. The summed E-state index contributed by atoms with van der Waals surface area (Å²) in [5, 5.41) is 15.5. The molecule has 2 N–H and O–H groups in total. The summed E-state index contributed by atoms with van der Waals surface area (Å²) in [4.78, 5) is 40.7. The molecule has 12 heteroatoms. The van der Waals surface area contributed by atoms with Crippen LogP contribution in [0.1, 0.15) is 19.3 Å². The molecule has 0 spiro atoms. The van der Waals surface area contributed by atoms with Crippen molar-refractivity contribution in [3.05, 3.63) is 17.9 Å². The Morgan fingerprint density at radius 2 is 1.71 bits per heavy atom. The van der Waals surface area contributed by atoms with Gasteiger partial charge in [0, 0.05) is 64.7 Å². The summed E-state index contributed by atoms with van der Waals surface area (Å²) in [6.45, 7) is 5.00. The van der Waals surface area contributed by atoms with E-state index >= 15 is 4.39 Å². The molecule has 11 nitrogen and oxygen atoms in total. The number of aromatic nitrogens is 2. The van der Waals surface area contributed by atoms with Crippen molar-refractivity contribution in [1.29, 1.82) is 0 Å². The molecule has 0 saturated carbocycles. The highest BCUT2D eigenvalue weighted by Gasteiger charge is 2.29. The van der Waals surface area contributed by atoms with Crippen molar-refractivity contribution < 1.29 is 23.9 Å². The van der Waals surface area contributed by atoms with Gasteiger partial charge in [0.05, 0.1) is 5.69 Å². The molecular formula is C22H30FN7O4. The number of hydrogen-bond donors (Lipinski definition) is 2. The van der Waals surface area contributed by atoms with Gasteiger partial charge in [-0.3, -0.25) is 19.7 Å². The van der Waals surface area contributed by atoms with Crippen LogP contribution in [0.3, 0.4) is 0 Å². The van der Waals surface area contributed by atoms with E-state index in [9.17, 15) is 14.4 Å². The lowest BCUT2D eigenvalue weighted by molar-refractivity contribution is -0.120. The van der Waals surface area contributed by atoms with Crippen molar-refractivity contribution in [3.63, 3.8) is 0 Å². The Bertz CT molecular complexity index is 1090. The third-order valence-electron chi connectivity index (χ3n) is 6.44. The number of imide groups is 1. The number of nitrogens with one attached hydrogen (secondary N) is 1. The molecule has 4 amide bonds. The highest BCUT2D eigenvalue weighted by molar-refractivity contribution is 6.09. The molecule has 34 heavy (non-hydrogen) atoms. The minimum atomic E-state index is -0.775. The van der Waals surface area contributed by atoms with Crippen LogP contribution in [-0.2, 0) is 11.8 Å². The smallest absolute Gasteiger partial charge is 0.407 e. The average Bonchev–Trinajstić information content (AvgIpc) is 3.45. The van der Waals surface area contributed by atoms with E-state index in [1.807, 2.05) is 4.90 Å². The first-order valence-electron chi connectivity index (χ1n) is 11.4. The van der Waals surface area contributed by atoms with Gasteiger partial charge in [0.25, 0.3) is 0 Å². The average molecular weight is 476 g/mol. The number of likely N-dealkylation sites (tertiary alicyclic amines) is 1. The number of rotatable bonds is 2. The molecule has 3 aliphatic heterocycles. The number of likely N-dealkylation sites (N-methyl/N-ethyl adjacent to an activating group) is 1. The molecular weight excluding hydrogens is 445 g/mol. The number of halogens is 1. The van der Waals surface area contributed by atoms with Gasteiger partial charge in [-0.2, -0.15) is 5.10 Å². The Kier molecular flexibility index (Phi) is 6.87. The second-order valence-electron chi connectivity index (χ2n) is 8.76. The van der Waals surface area contributed by atoms with E-state index in [0.29, 0.717) is 22.4 Å². The Hall–Kier alpha value is -3.41. The summed E-state index contributed by atoms with van der Waals surface area (Å²) >= 11 is 0. The third kappa shape index (κ3) is 4.76. The van der Waals surface area contributed by atoms with Gasteiger partial charge in [0.15, 0.2) is 11.6 Å². The summed E-state index contributed by atoms with van der Waals surface area (Å²) in [6.07, 6.45) is 1.49. The third-order valence-corrected chi connectivity index (χ3v) is 6.44. The zero-order valence-corrected chi connectivity index (χ0v) is 19.5. The Balaban J connectivity index is 0.000000291. The van der Waals surface area contributed by atoms with Crippen molar-refractivity contribution >= 4 is 40.4 Å². The molecule has 2 aromatic rings. The normalized spacial score (nSPS) is 19.3. The first-order valence-corrected chi connectivity index (χ1v) is 11.4. The molecule has 4 heterocycles. The van der Waals surface area contributed by atoms with Gasteiger partial charge in [-0.15, -0.1) is 0 Å². The Morgan fingerprint density at radius 1 is 1.03 bits per heavy atom. The van der Waals surface area contributed by atoms with Crippen LogP contribution in [0.25, 0.3) is 10.9 Å². The molecule has 3 fully saturated rings. The van der Waals surface area contributed by atoms with Crippen LogP contribution < -0.4 is 15.1 Å². The van der Waals surface area contributed by atoms with E-state index in [0.717, 1.165) is 52.1 Å². The lowest BCUT2D eigenvalue weighted by Gasteiger charge is -2.34. The largest absolute Gasteiger partial charge is 0.465 e. The zero-order chi connectivity index (χ0) is 24.4. The number of anilines is 2. The van der Waals surface area contributed by atoms with Gasteiger partial charge in [0.2, 0.25) is 5.91 Å². The molecule has 184 valence electrons. The molecule has 1 aromatic heterocycles. The van der Waals surface area contributed by atoms with E-state index < -0.39 is 12.1 Å². The van der Waals surface area contributed by atoms with Crippen LogP contribution in [-0.4, -0.2) is 95.6 Å². The highest BCUT2D eigenvalue weighted by Crippen LogP contribution is 2.33. The molecule has 0 atom stereocenters. The van der Waals surface area contributed by atoms with Crippen LogP contribution in [0.15, 0.2) is 12.1 Å². The number of nitrogens with zero attached hydrogens (tertiary/aromatic N) is 6. The van der Waals surface area contributed by atoms with Crippen LogP contribution >= 0.6 is 0 Å². The van der Waals surface area contributed by atoms with E-state index in [2.05, 4.69) is 22.4 Å². The second-order valence-corrected chi connectivity index (χ2v) is 8.76. The molecule has 0 bridgehead atoms. The van der Waals surface area contributed by atoms with E-state index in [1.54, 1.807) is 19.2 Å². The fourth-order valence-corrected chi connectivity index (χ4v) is 4.46. The molecule has 3 saturated heterocycles. The van der Waals surface area contributed by atoms with Gasteiger partial charge in [-0.1, -0.05) is 0 Å². The summed E-state index contributed by atoms with van der Waals surface area (Å²) < 4.78 is 16.7. The van der Waals surface area contributed by atoms with Crippen molar-refractivity contribution in [2.24, 2.45) is 7.05 Å². The first kappa shape index (κ1) is 23.7. The van der Waals surface area contributed by atoms with Gasteiger partial charge in [-0.25, -0.2) is 14.0 Å². The first-order chi connectivity index (χ1) is 16.3. The number of carboxylic acid groups (broad SMARTS) is 1. The molecule has 0 aliphatic carbocycles. The molecule has 1 aromatic carbocycles. The van der Waals surface area contributed by atoms with Gasteiger partial charge in [0.1, 0.15) is 5.52 Å². The van der Waals surface area contributed by atoms with E-state index in [1.165, 1.54) is 14.5 Å². The number of piperazine rings is 1. The van der Waals surface area contributed by atoms with Crippen LogP contribution in [0.2, 0.25) is 0 Å². The summed E-state index contributed by atoms with van der Waals surface area (Å²) in [7, 11) is 3.72. The maximum atomic E-state index is 15.3. The number of carbonyl (C=O) groups excluding carboxylic acids is 2. The van der Waals surface area contributed by atoms with Gasteiger partial charge in [-0.05, 0) is 32.0 Å². The minimum absolute atomic E-state index is 0.200. The summed E-state index contributed by atoms with van der Waals surface area (Å²) in [5.74, 6) is -0.270. The van der Waals surface area contributed by atoms with Gasteiger partial charge < -0.3 is 19.8 Å². The SMILES string of the molecule is CN1CCN(c2ccc3c(N4CCC(=O)NC4=O)nn(C)c3c2F)CC1.O=C(O)N1CCCC1. The maximum absolute atomic E-state index is 15.3. The fraction of sp³-hybridized carbons (Fsp3) is 0.545. The standard InChI is InChI=1S/C17H21FN6O2.C5H9NO2/c1-21-7-9-23(10-8-21)12-4-3-11-15(14(12)18)22(2)20-16(11)24-6-5-13(25)19-17(24)26;7-5(8)6-3-1-2-4-6/h3-4H,5-10H2,1-2H3,(H,19,25,26);1-4H2,(H,7,8). The number of urea groups is 1. The highest BCUT2D eigenvalue weighted by atomic mass is 19.1.